The second-order valence-electron chi connectivity index (χ2n) is 6.51. The number of benzene rings is 1. The van der Waals surface area contributed by atoms with E-state index in [4.69, 9.17) is 4.74 Å². The van der Waals surface area contributed by atoms with Gasteiger partial charge in [0.1, 0.15) is 11.3 Å². The zero-order valence-electron chi connectivity index (χ0n) is 13.3. The summed E-state index contributed by atoms with van der Waals surface area (Å²) in [6, 6.07) is 6.40. The maximum Gasteiger partial charge on any atom is 0.323 e. The Kier molecular flexibility index (Phi) is 4.57. The van der Waals surface area contributed by atoms with Gasteiger partial charge >= 0.3 is 5.97 Å². The van der Waals surface area contributed by atoms with E-state index in [0.29, 0.717) is 12.5 Å². The van der Waals surface area contributed by atoms with Gasteiger partial charge in [0.2, 0.25) is 0 Å². The minimum absolute atomic E-state index is 0.168. The number of ether oxygens (including phenoxy) is 1. The van der Waals surface area contributed by atoms with Gasteiger partial charge in [-0.05, 0) is 63.8 Å². The lowest BCUT2D eigenvalue weighted by molar-refractivity contribution is -0.145. The Morgan fingerprint density at radius 1 is 1.38 bits per heavy atom. The molecule has 0 heterocycles. The van der Waals surface area contributed by atoms with Crippen molar-refractivity contribution in [1.29, 1.82) is 0 Å². The molecule has 1 aromatic rings. The molecule has 21 heavy (non-hydrogen) atoms. The van der Waals surface area contributed by atoms with Gasteiger partial charge in [-0.2, -0.15) is 0 Å². The third kappa shape index (κ3) is 4.46. The first-order chi connectivity index (χ1) is 9.78. The van der Waals surface area contributed by atoms with E-state index in [1.807, 2.05) is 32.9 Å². The van der Waals surface area contributed by atoms with E-state index < -0.39 is 11.5 Å². The fraction of sp³-hybridized carbons (Fsp3) is 0.588. The van der Waals surface area contributed by atoms with Crippen molar-refractivity contribution in [2.75, 3.05) is 0 Å². The predicted molar refractivity (Wildman–Crippen MR) is 82.8 cm³/mol. The Hall–Kier alpha value is -1.55. The van der Waals surface area contributed by atoms with Gasteiger partial charge < -0.3 is 9.84 Å². The molecule has 1 aliphatic rings. The standard InChI is InChI=1S/C17H25NO3/c1-11-7-12(2)9-15(8-11)21-13(3)10-17(4,16(19)20)18-14-5-6-14/h7-9,13-14,18H,5-6,10H2,1-4H3,(H,19,20). The number of aryl methyl sites for hydroxylation is 2. The molecular formula is C17H25NO3. The number of carbonyl (C=O) groups is 1. The van der Waals surface area contributed by atoms with Crippen molar-refractivity contribution < 1.29 is 14.6 Å². The van der Waals surface area contributed by atoms with Crippen molar-refractivity contribution in [2.24, 2.45) is 0 Å². The summed E-state index contributed by atoms with van der Waals surface area (Å²) in [7, 11) is 0. The molecule has 0 aliphatic heterocycles. The lowest BCUT2D eigenvalue weighted by atomic mass is 9.94. The normalized spacial score (nSPS) is 18.9. The second-order valence-corrected chi connectivity index (χ2v) is 6.51. The summed E-state index contributed by atoms with van der Waals surface area (Å²) >= 11 is 0. The second kappa shape index (κ2) is 6.06. The van der Waals surface area contributed by atoms with E-state index >= 15 is 0 Å². The van der Waals surface area contributed by atoms with Crippen LogP contribution in [0.15, 0.2) is 18.2 Å². The minimum Gasteiger partial charge on any atom is -0.491 e. The van der Waals surface area contributed by atoms with E-state index in [0.717, 1.165) is 29.7 Å². The Labute approximate surface area is 126 Å². The van der Waals surface area contributed by atoms with Crippen LogP contribution in [0.2, 0.25) is 0 Å². The SMILES string of the molecule is Cc1cc(C)cc(OC(C)CC(C)(NC2CC2)C(=O)O)c1. The summed E-state index contributed by atoms with van der Waals surface area (Å²) < 4.78 is 5.92. The number of rotatable bonds is 7. The smallest absolute Gasteiger partial charge is 0.323 e. The van der Waals surface area contributed by atoms with E-state index in [9.17, 15) is 9.90 Å². The Bertz CT molecular complexity index is 505. The Morgan fingerprint density at radius 2 is 1.95 bits per heavy atom. The van der Waals surface area contributed by atoms with Gasteiger partial charge in [-0.3, -0.25) is 10.1 Å². The summed E-state index contributed by atoms with van der Waals surface area (Å²) in [4.78, 5) is 11.6. The molecule has 4 nitrogen and oxygen atoms in total. The molecule has 0 radical (unpaired) electrons. The maximum absolute atomic E-state index is 11.6. The van der Waals surface area contributed by atoms with Crippen LogP contribution in [0.3, 0.4) is 0 Å². The van der Waals surface area contributed by atoms with Crippen LogP contribution in [0.1, 0.15) is 44.2 Å². The van der Waals surface area contributed by atoms with Crippen LogP contribution < -0.4 is 10.1 Å². The van der Waals surface area contributed by atoms with Crippen molar-refractivity contribution in [3.63, 3.8) is 0 Å². The largest absolute Gasteiger partial charge is 0.491 e. The molecule has 0 saturated heterocycles. The third-order valence-corrected chi connectivity index (χ3v) is 3.80. The summed E-state index contributed by atoms with van der Waals surface area (Å²) in [5, 5.41) is 12.7. The van der Waals surface area contributed by atoms with E-state index in [-0.39, 0.29) is 6.10 Å². The average molecular weight is 291 g/mol. The lowest BCUT2D eigenvalue weighted by Crippen LogP contribution is -2.52. The summed E-state index contributed by atoms with van der Waals surface area (Å²) in [6.45, 7) is 7.73. The van der Waals surface area contributed by atoms with Crippen LogP contribution >= 0.6 is 0 Å². The van der Waals surface area contributed by atoms with Crippen LogP contribution in [-0.2, 0) is 4.79 Å². The van der Waals surface area contributed by atoms with Crippen molar-refractivity contribution >= 4 is 5.97 Å². The number of aliphatic carboxylic acids is 1. The molecule has 1 aliphatic carbocycles. The van der Waals surface area contributed by atoms with Crippen LogP contribution in [0.25, 0.3) is 0 Å². The molecule has 0 aromatic heterocycles. The molecule has 2 atom stereocenters. The first-order valence-corrected chi connectivity index (χ1v) is 7.54. The van der Waals surface area contributed by atoms with Gasteiger partial charge in [-0.25, -0.2) is 0 Å². The molecule has 2 unspecified atom stereocenters. The number of carboxylic acids is 1. The van der Waals surface area contributed by atoms with E-state index in [2.05, 4.69) is 11.4 Å². The zero-order chi connectivity index (χ0) is 15.6. The van der Waals surface area contributed by atoms with Crippen molar-refractivity contribution in [3.05, 3.63) is 29.3 Å². The van der Waals surface area contributed by atoms with Crippen molar-refractivity contribution in [3.8, 4) is 5.75 Å². The molecule has 0 amide bonds. The molecule has 1 fully saturated rings. The lowest BCUT2D eigenvalue weighted by Gasteiger charge is -2.29. The van der Waals surface area contributed by atoms with E-state index in [1.54, 1.807) is 6.92 Å². The molecule has 116 valence electrons. The summed E-state index contributed by atoms with van der Waals surface area (Å²) in [5.41, 5.74) is 1.36. The number of hydrogen-bond donors (Lipinski definition) is 2. The number of carboxylic acid groups (broad SMARTS) is 1. The summed E-state index contributed by atoms with van der Waals surface area (Å²) in [5.74, 6) is -0.00978. The molecule has 1 aromatic carbocycles. The molecule has 4 heteroatoms. The van der Waals surface area contributed by atoms with Gasteiger partial charge in [0.15, 0.2) is 0 Å². The first kappa shape index (κ1) is 15.8. The molecule has 1 saturated carbocycles. The van der Waals surface area contributed by atoms with Crippen LogP contribution in [0.5, 0.6) is 5.75 Å². The molecule has 2 N–H and O–H groups in total. The fourth-order valence-corrected chi connectivity index (χ4v) is 2.74. The van der Waals surface area contributed by atoms with Crippen LogP contribution in [0.4, 0.5) is 0 Å². The van der Waals surface area contributed by atoms with Gasteiger partial charge in [-0.1, -0.05) is 6.07 Å². The maximum atomic E-state index is 11.6. The van der Waals surface area contributed by atoms with Crippen molar-refractivity contribution in [1.82, 2.24) is 5.32 Å². The highest BCUT2D eigenvalue weighted by Crippen LogP contribution is 2.26. The predicted octanol–water partition coefficient (Wildman–Crippen LogP) is 3.06. The summed E-state index contributed by atoms with van der Waals surface area (Å²) in [6.07, 6.45) is 2.40. The Morgan fingerprint density at radius 3 is 2.43 bits per heavy atom. The fourth-order valence-electron chi connectivity index (χ4n) is 2.74. The monoisotopic (exact) mass is 291 g/mol. The highest BCUT2D eigenvalue weighted by molar-refractivity contribution is 5.78. The number of hydrogen-bond acceptors (Lipinski definition) is 3. The van der Waals surface area contributed by atoms with Gasteiger partial charge in [0.05, 0.1) is 6.10 Å². The third-order valence-electron chi connectivity index (χ3n) is 3.80. The quantitative estimate of drug-likeness (QED) is 0.810. The van der Waals surface area contributed by atoms with Crippen molar-refractivity contribution in [2.45, 2.75) is 64.6 Å². The van der Waals surface area contributed by atoms with Crippen LogP contribution in [-0.4, -0.2) is 28.8 Å². The Balaban J connectivity index is 2.01. The highest BCUT2D eigenvalue weighted by Gasteiger charge is 2.39. The molecule has 0 spiro atoms. The first-order valence-electron chi connectivity index (χ1n) is 7.54. The molecule has 2 rings (SSSR count). The molecular weight excluding hydrogens is 266 g/mol. The highest BCUT2D eigenvalue weighted by atomic mass is 16.5. The van der Waals surface area contributed by atoms with Gasteiger partial charge in [0, 0.05) is 12.5 Å². The van der Waals surface area contributed by atoms with E-state index in [1.165, 1.54) is 0 Å². The number of nitrogens with one attached hydrogen (secondary N) is 1. The minimum atomic E-state index is -0.931. The van der Waals surface area contributed by atoms with Gasteiger partial charge in [-0.15, -0.1) is 0 Å². The molecule has 0 bridgehead atoms. The van der Waals surface area contributed by atoms with Crippen LogP contribution in [0, 0.1) is 13.8 Å². The topological polar surface area (TPSA) is 58.6 Å². The van der Waals surface area contributed by atoms with Gasteiger partial charge in [0.25, 0.3) is 0 Å². The average Bonchev–Trinajstić information content (AvgIpc) is 3.10. The zero-order valence-corrected chi connectivity index (χ0v) is 13.3.